The molecular weight excluding hydrogens is 344 g/mol. The van der Waals surface area contributed by atoms with E-state index >= 15 is 0 Å². The van der Waals surface area contributed by atoms with Crippen molar-refractivity contribution < 1.29 is 4.79 Å². The molecule has 1 aliphatic carbocycles. The lowest BCUT2D eigenvalue weighted by Crippen LogP contribution is -2.24. The van der Waals surface area contributed by atoms with Crippen molar-refractivity contribution in [1.29, 1.82) is 0 Å². The summed E-state index contributed by atoms with van der Waals surface area (Å²) in [4.78, 5) is 30.6. The molecule has 6 heteroatoms. The molecule has 1 aromatic carbocycles. The predicted octanol–water partition coefficient (Wildman–Crippen LogP) is 4.15. The Kier molecular flexibility index (Phi) is 3.98. The van der Waals surface area contributed by atoms with E-state index in [0.29, 0.717) is 27.6 Å². The zero-order chi connectivity index (χ0) is 16.7. The van der Waals surface area contributed by atoms with Crippen LogP contribution in [0.3, 0.4) is 0 Å². The topological polar surface area (TPSA) is 52.0 Å². The average Bonchev–Trinajstić information content (AvgIpc) is 3.26. The highest BCUT2D eigenvalue weighted by molar-refractivity contribution is 7.21. The highest BCUT2D eigenvalue weighted by Crippen LogP contribution is 2.33. The van der Waals surface area contributed by atoms with Gasteiger partial charge in [-0.15, -0.1) is 11.3 Å². The summed E-state index contributed by atoms with van der Waals surface area (Å²) < 4.78 is 1.42. The number of aromatic nitrogens is 2. The van der Waals surface area contributed by atoms with E-state index in [1.54, 1.807) is 0 Å². The Morgan fingerprint density at radius 1 is 1.29 bits per heavy atom. The summed E-state index contributed by atoms with van der Waals surface area (Å²) in [6, 6.07) is 9.34. The lowest BCUT2D eigenvalue weighted by Gasteiger charge is -2.03. The molecule has 0 atom stereocenters. The second-order valence-electron chi connectivity index (χ2n) is 6.20. The Bertz CT molecular complexity index is 971. The van der Waals surface area contributed by atoms with Gasteiger partial charge in [-0.2, -0.15) is 0 Å². The summed E-state index contributed by atoms with van der Waals surface area (Å²) in [6.45, 7) is 0.115. The summed E-state index contributed by atoms with van der Waals surface area (Å²) >= 11 is 7.38. The molecule has 3 aromatic rings. The molecule has 24 heavy (non-hydrogen) atoms. The molecule has 0 spiro atoms. The van der Waals surface area contributed by atoms with Crippen LogP contribution in [0.2, 0.25) is 5.02 Å². The van der Waals surface area contributed by atoms with Crippen LogP contribution in [0.15, 0.2) is 41.5 Å². The van der Waals surface area contributed by atoms with Gasteiger partial charge in [-0.25, -0.2) is 4.98 Å². The van der Waals surface area contributed by atoms with Gasteiger partial charge in [0, 0.05) is 16.3 Å². The number of Topliss-reactive ketones (excluding diaryl/α,β-unsaturated/α-hetero) is 1. The number of ketones is 1. The number of halogens is 1. The fourth-order valence-electron chi connectivity index (χ4n) is 2.73. The lowest BCUT2D eigenvalue weighted by molar-refractivity contribution is -0.120. The van der Waals surface area contributed by atoms with Crippen molar-refractivity contribution in [3.63, 3.8) is 0 Å². The molecule has 0 bridgehead atoms. The van der Waals surface area contributed by atoms with Gasteiger partial charge in [0.1, 0.15) is 4.83 Å². The smallest absolute Gasteiger partial charge is 0.262 e. The number of benzene rings is 1. The van der Waals surface area contributed by atoms with Crippen molar-refractivity contribution >= 4 is 38.9 Å². The first kappa shape index (κ1) is 15.5. The second kappa shape index (κ2) is 6.15. The van der Waals surface area contributed by atoms with Gasteiger partial charge in [-0.05, 0) is 42.5 Å². The zero-order valence-corrected chi connectivity index (χ0v) is 14.4. The highest BCUT2D eigenvalue weighted by Gasteiger charge is 2.24. The number of thiophene rings is 1. The van der Waals surface area contributed by atoms with Crippen LogP contribution in [-0.2, 0) is 11.3 Å². The van der Waals surface area contributed by atoms with Gasteiger partial charge < -0.3 is 0 Å². The van der Waals surface area contributed by atoms with Crippen molar-refractivity contribution in [1.82, 2.24) is 9.55 Å². The minimum Gasteiger partial charge on any atom is -0.298 e. The first-order valence-corrected chi connectivity index (χ1v) is 9.06. The van der Waals surface area contributed by atoms with Crippen molar-refractivity contribution in [2.75, 3.05) is 0 Å². The van der Waals surface area contributed by atoms with Gasteiger partial charge in [0.2, 0.25) is 0 Å². The van der Waals surface area contributed by atoms with Crippen LogP contribution in [0.25, 0.3) is 20.7 Å². The summed E-state index contributed by atoms with van der Waals surface area (Å²) in [5.41, 5.74) is 0.846. The molecule has 0 N–H and O–H groups in total. The molecule has 0 saturated heterocycles. The molecule has 4 rings (SSSR count). The van der Waals surface area contributed by atoms with E-state index < -0.39 is 0 Å². The standard InChI is InChI=1S/C18H15ClN2O2S/c19-13-5-3-12(4-6-13)16-8-15-17(24-16)20-10-21(18(15)23)9-14(22)7-11-1-2-11/h3-6,8,10-11H,1-2,7,9H2. The third-order valence-corrected chi connectivity index (χ3v) is 5.55. The largest absolute Gasteiger partial charge is 0.298 e. The van der Waals surface area contributed by atoms with Crippen LogP contribution in [0.5, 0.6) is 0 Å². The SMILES string of the molecule is O=C(CC1CC1)Cn1cnc2sc(-c3ccc(Cl)cc3)cc2c1=O. The third kappa shape index (κ3) is 3.14. The fourth-order valence-corrected chi connectivity index (χ4v) is 3.85. The van der Waals surface area contributed by atoms with E-state index in [-0.39, 0.29) is 17.9 Å². The minimum absolute atomic E-state index is 0.105. The Balaban J connectivity index is 1.66. The molecule has 1 saturated carbocycles. The van der Waals surface area contributed by atoms with Gasteiger partial charge >= 0.3 is 0 Å². The van der Waals surface area contributed by atoms with E-state index in [9.17, 15) is 9.59 Å². The molecule has 1 fully saturated rings. The Labute approximate surface area is 147 Å². The maximum absolute atomic E-state index is 12.6. The number of fused-ring (bicyclic) bond motifs is 1. The monoisotopic (exact) mass is 358 g/mol. The first-order valence-electron chi connectivity index (χ1n) is 7.87. The van der Waals surface area contributed by atoms with Crippen LogP contribution in [0.4, 0.5) is 0 Å². The Morgan fingerprint density at radius 2 is 2.04 bits per heavy atom. The molecule has 0 amide bonds. The molecule has 0 unspecified atom stereocenters. The van der Waals surface area contributed by atoms with Gasteiger partial charge in [0.15, 0.2) is 5.78 Å². The normalized spacial score (nSPS) is 14.2. The predicted molar refractivity (Wildman–Crippen MR) is 96.7 cm³/mol. The van der Waals surface area contributed by atoms with Gasteiger partial charge in [-0.1, -0.05) is 23.7 Å². The van der Waals surface area contributed by atoms with E-state index in [2.05, 4.69) is 4.98 Å². The maximum atomic E-state index is 12.6. The van der Waals surface area contributed by atoms with E-state index in [0.717, 1.165) is 23.3 Å². The van der Waals surface area contributed by atoms with Gasteiger partial charge in [-0.3, -0.25) is 14.2 Å². The molecule has 2 heterocycles. The summed E-state index contributed by atoms with van der Waals surface area (Å²) in [5.74, 6) is 0.636. The number of hydrogen-bond donors (Lipinski definition) is 0. The van der Waals surface area contributed by atoms with Gasteiger partial charge in [0.05, 0.1) is 18.3 Å². The quantitative estimate of drug-likeness (QED) is 0.688. The van der Waals surface area contributed by atoms with E-state index in [4.69, 9.17) is 11.6 Å². The van der Waals surface area contributed by atoms with Crippen molar-refractivity contribution in [2.45, 2.75) is 25.8 Å². The van der Waals surface area contributed by atoms with Crippen molar-refractivity contribution in [3.05, 3.63) is 52.0 Å². The number of rotatable bonds is 5. The molecule has 4 nitrogen and oxygen atoms in total. The summed E-state index contributed by atoms with van der Waals surface area (Å²) in [5, 5.41) is 1.24. The molecule has 0 aliphatic heterocycles. The summed E-state index contributed by atoms with van der Waals surface area (Å²) in [6.07, 6.45) is 4.32. The van der Waals surface area contributed by atoms with E-state index in [1.165, 1.54) is 22.2 Å². The van der Waals surface area contributed by atoms with Crippen LogP contribution < -0.4 is 5.56 Å². The lowest BCUT2D eigenvalue weighted by atomic mass is 10.2. The number of carbonyl (C=O) groups excluding carboxylic acids is 1. The molecule has 122 valence electrons. The van der Waals surface area contributed by atoms with Crippen LogP contribution in [0, 0.1) is 5.92 Å². The number of carbonyl (C=O) groups is 1. The van der Waals surface area contributed by atoms with Crippen molar-refractivity contribution in [2.24, 2.45) is 5.92 Å². The fraction of sp³-hybridized carbons (Fsp3) is 0.278. The van der Waals surface area contributed by atoms with Gasteiger partial charge in [0.25, 0.3) is 5.56 Å². The average molecular weight is 359 g/mol. The third-order valence-electron chi connectivity index (χ3n) is 4.21. The van der Waals surface area contributed by atoms with Crippen molar-refractivity contribution in [3.8, 4) is 10.4 Å². The van der Waals surface area contributed by atoms with Crippen LogP contribution in [0.1, 0.15) is 19.3 Å². The number of nitrogens with zero attached hydrogens (tertiary/aromatic N) is 2. The molecule has 1 aliphatic rings. The zero-order valence-electron chi connectivity index (χ0n) is 12.9. The maximum Gasteiger partial charge on any atom is 0.262 e. The molecule has 2 aromatic heterocycles. The summed E-state index contributed by atoms with van der Waals surface area (Å²) in [7, 11) is 0. The number of hydrogen-bond acceptors (Lipinski definition) is 4. The van der Waals surface area contributed by atoms with Crippen LogP contribution in [-0.4, -0.2) is 15.3 Å². The molecular formula is C18H15ClN2O2S. The van der Waals surface area contributed by atoms with Crippen LogP contribution >= 0.6 is 22.9 Å². The Morgan fingerprint density at radius 3 is 2.75 bits per heavy atom. The van der Waals surface area contributed by atoms with E-state index in [1.807, 2.05) is 30.3 Å². The first-order chi connectivity index (χ1) is 11.6. The molecule has 0 radical (unpaired) electrons. The Hall–Kier alpha value is -1.98. The second-order valence-corrected chi connectivity index (χ2v) is 7.67. The minimum atomic E-state index is -0.152. The highest BCUT2D eigenvalue weighted by atomic mass is 35.5.